The molecule has 1 aromatic carbocycles. The fourth-order valence-electron chi connectivity index (χ4n) is 4.06. The van der Waals surface area contributed by atoms with Gasteiger partial charge in [-0.25, -0.2) is 13.8 Å². The Morgan fingerprint density at radius 3 is 2.47 bits per heavy atom. The van der Waals surface area contributed by atoms with Crippen LogP contribution < -0.4 is 20.9 Å². The van der Waals surface area contributed by atoms with Crippen molar-refractivity contribution in [3.05, 3.63) is 29.8 Å². The van der Waals surface area contributed by atoms with Gasteiger partial charge in [-0.1, -0.05) is 25.3 Å². The smallest absolute Gasteiger partial charge is 0.242 e. The molecule has 1 saturated carbocycles. The maximum absolute atomic E-state index is 14.0. The molecule has 1 unspecified atom stereocenters. The summed E-state index contributed by atoms with van der Waals surface area (Å²) in [6.07, 6.45) is 6.38. The maximum Gasteiger partial charge on any atom is 0.242 e. The third-order valence-electron chi connectivity index (χ3n) is 5.48. The zero-order chi connectivity index (χ0) is 20.6. The van der Waals surface area contributed by atoms with Crippen LogP contribution in [-0.4, -0.2) is 50.1 Å². The Kier molecular flexibility index (Phi) is 10.1. The topological polar surface area (TPSA) is 68.8 Å². The van der Waals surface area contributed by atoms with Gasteiger partial charge in [0, 0.05) is 31.7 Å². The van der Waals surface area contributed by atoms with E-state index in [1.807, 2.05) is 6.92 Å². The molecule has 1 atom stereocenters. The summed E-state index contributed by atoms with van der Waals surface area (Å²) in [6.45, 7) is 3.70. The quantitative estimate of drug-likeness (QED) is 0.298. The summed E-state index contributed by atoms with van der Waals surface area (Å²) >= 11 is 0. The lowest BCUT2D eigenvalue weighted by molar-refractivity contribution is -0.120. The van der Waals surface area contributed by atoms with Gasteiger partial charge in [-0.15, -0.1) is 24.0 Å². The number of para-hydroxylation sites is 1. The lowest BCUT2D eigenvalue weighted by atomic mass is 9.95. The highest BCUT2D eigenvalue weighted by Crippen LogP contribution is 2.26. The summed E-state index contributed by atoms with van der Waals surface area (Å²) in [5, 5.41) is 9.48. The predicted octanol–water partition coefficient (Wildman–Crippen LogP) is 3.17. The standard InChI is InChI=1S/C21H31F2N5O.HI/c1-2-24-21(25-13-19(29)26-15-7-4-3-5-8-15)27-16-11-12-28(14-16)20-17(22)9-6-10-18(20)23;/h6,9-10,15-16H,2-5,7-8,11-14H2,1H3,(H,26,29)(H2,24,25,27);1H. The Morgan fingerprint density at radius 2 is 1.80 bits per heavy atom. The summed E-state index contributed by atoms with van der Waals surface area (Å²) < 4.78 is 28.1. The van der Waals surface area contributed by atoms with Crippen LogP contribution in [0.3, 0.4) is 0 Å². The van der Waals surface area contributed by atoms with Crippen LogP contribution in [-0.2, 0) is 4.79 Å². The van der Waals surface area contributed by atoms with Gasteiger partial charge in [0.05, 0.1) is 0 Å². The zero-order valence-electron chi connectivity index (χ0n) is 17.4. The molecular weight excluding hydrogens is 503 g/mol. The molecule has 30 heavy (non-hydrogen) atoms. The Balaban J connectivity index is 0.00000320. The lowest BCUT2D eigenvalue weighted by Crippen LogP contribution is -2.45. The SMILES string of the molecule is CCNC(=NCC(=O)NC1CCCCC1)NC1CCN(c2c(F)cccc2F)C1.I. The van der Waals surface area contributed by atoms with E-state index in [4.69, 9.17) is 0 Å². The second-order valence-electron chi connectivity index (χ2n) is 7.74. The molecule has 6 nitrogen and oxygen atoms in total. The van der Waals surface area contributed by atoms with Crippen LogP contribution in [0.25, 0.3) is 0 Å². The fraction of sp³-hybridized carbons (Fsp3) is 0.619. The van der Waals surface area contributed by atoms with Crippen LogP contribution >= 0.6 is 24.0 Å². The van der Waals surface area contributed by atoms with E-state index < -0.39 is 11.6 Å². The first-order valence-corrected chi connectivity index (χ1v) is 10.6. The number of hydrogen-bond donors (Lipinski definition) is 3. The molecule has 0 spiro atoms. The maximum atomic E-state index is 14.0. The Labute approximate surface area is 194 Å². The van der Waals surface area contributed by atoms with Crippen LogP contribution in [0.15, 0.2) is 23.2 Å². The molecule has 0 radical (unpaired) electrons. The van der Waals surface area contributed by atoms with Crippen LogP contribution in [0.2, 0.25) is 0 Å². The zero-order valence-corrected chi connectivity index (χ0v) is 19.8. The van der Waals surface area contributed by atoms with Crippen LogP contribution in [0.4, 0.5) is 14.5 Å². The highest BCUT2D eigenvalue weighted by molar-refractivity contribution is 14.0. The molecule has 2 aliphatic rings. The number of nitrogens with zero attached hydrogens (tertiary/aromatic N) is 2. The molecule has 1 aliphatic heterocycles. The second kappa shape index (κ2) is 12.3. The van der Waals surface area contributed by atoms with E-state index in [1.165, 1.54) is 37.5 Å². The largest absolute Gasteiger partial charge is 0.365 e. The van der Waals surface area contributed by atoms with Crippen molar-refractivity contribution in [1.29, 1.82) is 0 Å². The third-order valence-corrected chi connectivity index (χ3v) is 5.48. The average molecular weight is 535 g/mol. The van der Waals surface area contributed by atoms with Gasteiger partial charge in [-0.3, -0.25) is 4.79 Å². The Hall–Kier alpha value is -1.65. The Bertz CT molecular complexity index is 707. The number of anilines is 1. The number of rotatable bonds is 6. The summed E-state index contributed by atoms with van der Waals surface area (Å²) in [5.74, 6) is -0.626. The summed E-state index contributed by atoms with van der Waals surface area (Å²) in [7, 11) is 0. The van der Waals surface area contributed by atoms with Gasteiger partial charge in [0.1, 0.15) is 23.9 Å². The van der Waals surface area contributed by atoms with E-state index in [2.05, 4.69) is 20.9 Å². The molecule has 1 heterocycles. The fourth-order valence-corrected chi connectivity index (χ4v) is 4.06. The average Bonchev–Trinajstić information content (AvgIpc) is 3.15. The van der Waals surface area contributed by atoms with Gasteiger partial charge in [0.15, 0.2) is 5.96 Å². The highest BCUT2D eigenvalue weighted by atomic mass is 127. The molecule has 0 bridgehead atoms. The Morgan fingerprint density at radius 1 is 1.10 bits per heavy atom. The number of hydrogen-bond acceptors (Lipinski definition) is 3. The number of guanidine groups is 1. The molecule has 168 valence electrons. The number of halogens is 3. The van der Waals surface area contributed by atoms with Crippen LogP contribution in [0, 0.1) is 11.6 Å². The van der Waals surface area contributed by atoms with Gasteiger partial charge in [-0.2, -0.15) is 0 Å². The second-order valence-corrected chi connectivity index (χ2v) is 7.74. The first-order valence-electron chi connectivity index (χ1n) is 10.6. The summed E-state index contributed by atoms with van der Waals surface area (Å²) in [5.41, 5.74) is 0.0191. The van der Waals surface area contributed by atoms with E-state index in [9.17, 15) is 13.6 Å². The molecule has 1 aliphatic carbocycles. The van der Waals surface area contributed by atoms with Gasteiger partial charge >= 0.3 is 0 Å². The molecule has 9 heteroatoms. The van der Waals surface area contributed by atoms with Gasteiger partial charge in [0.25, 0.3) is 0 Å². The summed E-state index contributed by atoms with van der Waals surface area (Å²) in [6, 6.07) is 4.17. The van der Waals surface area contributed by atoms with Crippen molar-refractivity contribution in [2.75, 3.05) is 31.1 Å². The number of benzene rings is 1. The summed E-state index contributed by atoms with van der Waals surface area (Å²) in [4.78, 5) is 18.3. The van der Waals surface area contributed by atoms with E-state index in [1.54, 1.807) is 4.90 Å². The van der Waals surface area contributed by atoms with Crippen molar-refractivity contribution in [3.63, 3.8) is 0 Å². The molecule has 1 amide bonds. The van der Waals surface area contributed by atoms with E-state index in [0.29, 0.717) is 25.6 Å². The normalized spacial score (nSPS) is 19.9. The third kappa shape index (κ3) is 6.95. The van der Waals surface area contributed by atoms with E-state index >= 15 is 0 Å². The molecular formula is C21H32F2IN5O. The van der Waals surface area contributed by atoms with Crippen molar-refractivity contribution < 1.29 is 13.6 Å². The minimum absolute atomic E-state index is 0. The predicted molar refractivity (Wildman–Crippen MR) is 127 cm³/mol. The van der Waals surface area contributed by atoms with Crippen molar-refractivity contribution in [3.8, 4) is 0 Å². The van der Waals surface area contributed by atoms with Gasteiger partial charge in [-0.05, 0) is 38.3 Å². The van der Waals surface area contributed by atoms with E-state index in [-0.39, 0.29) is 54.2 Å². The lowest BCUT2D eigenvalue weighted by Gasteiger charge is -2.23. The first kappa shape index (κ1) is 24.6. The highest BCUT2D eigenvalue weighted by Gasteiger charge is 2.27. The van der Waals surface area contributed by atoms with Crippen molar-refractivity contribution in [2.45, 2.75) is 57.5 Å². The first-order chi connectivity index (χ1) is 14.1. The van der Waals surface area contributed by atoms with Crippen molar-refractivity contribution in [2.24, 2.45) is 4.99 Å². The van der Waals surface area contributed by atoms with Crippen LogP contribution in [0.1, 0.15) is 45.4 Å². The van der Waals surface area contributed by atoms with Crippen molar-refractivity contribution >= 4 is 41.5 Å². The number of carbonyl (C=O) groups is 1. The van der Waals surface area contributed by atoms with Crippen LogP contribution in [0.5, 0.6) is 0 Å². The van der Waals surface area contributed by atoms with Gasteiger partial charge < -0.3 is 20.9 Å². The molecule has 3 N–H and O–H groups in total. The molecule has 0 aromatic heterocycles. The number of aliphatic imine (C=N–C) groups is 1. The number of amides is 1. The number of nitrogens with one attached hydrogen (secondary N) is 3. The minimum Gasteiger partial charge on any atom is -0.365 e. The molecule has 1 aromatic rings. The molecule has 1 saturated heterocycles. The molecule has 3 rings (SSSR count). The van der Waals surface area contributed by atoms with Gasteiger partial charge in [0.2, 0.25) is 5.91 Å². The van der Waals surface area contributed by atoms with Crippen molar-refractivity contribution in [1.82, 2.24) is 16.0 Å². The minimum atomic E-state index is -0.550. The monoisotopic (exact) mass is 535 g/mol. The molecule has 2 fully saturated rings. The van der Waals surface area contributed by atoms with E-state index in [0.717, 1.165) is 19.3 Å². The number of carbonyl (C=O) groups excluding carboxylic acids is 1.